The van der Waals surface area contributed by atoms with Gasteiger partial charge in [0, 0.05) is 36.5 Å². The molecule has 0 N–H and O–H groups in total. The van der Waals surface area contributed by atoms with Gasteiger partial charge in [0.25, 0.3) is 5.56 Å². The summed E-state index contributed by atoms with van der Waals surface area (Å²) in [6, 6.07) is 9.35. The van der Waals surface area contributed by atoms with Crippen molar-refractivity contribution in [3.05, 3.63) is 70.8 Å². The van der Waals surface area contributed by atoms with E-state index in [1.54, 1.807) is 21.3 Å². The number of benzene rings is 1. The number of pyridine rings is 1. The maximum atomic E-state index is 12.8. The van der Waals surface area contributed by atoms with Crippen LogP contribution in [-0.4, -0.2) is 25.8 Å². The summed E-state index contributed by atoms with van der Waals surface area (Å²) in [5.74, 6) is 0.505. The molecule has 0 atom stereocenters. The van der Waals surface area contributed by atoms with Gasteiger partial charge in [0.1, 0.15) is 5.76 Å². The first-order valence-corrected chi connectivity index (χ1v) is 8.76. The number of fused-ring (bicyclic) bond motifs is 2. The van der Waals surface area contributed by atoms with Crippen molar-refractivity contribution in [3.63, 3.8) is 0 Å². The Kier molecular flexibility index (Phi) is 4.03. The summed E-state index contributed by atoms with van der Waals surface area (Å²) in [4.78, 5) is 17.5. The standard InChI is InChI=1S/C21H20N4O2/c1-5-27-14(3)17-8-13(2)11-25-20(26)10-19(22-21(17)25)15-6-7-18-16(9-15)12-24(4)23-18/h6-12H,3,5H2,1-2,4H3. The molecule has 0 aliphatic carbocycles. The van der Waals surface area contributed by atoms with Gasteiger partial charge in [0.15, 0.2) is 5.65 Å². The highest BCUT2D eigenvalue weighted by molar-refractivity contribution is 5.84. The van der Waals surface area contributed by atoms with Crippen molar-refractivity contribution in [1.82, 2.24) is 19.2 Å². The van der Waals surface area contributed by atoms with E-state index in [0.29, 0.717) is 23.7 Å². The Morgan fingerprint density at radius 1 is 1.22 bits per heavy atom. The van der Waals surface area contributed by atoms with Crippen molar-refractivity contribution in [3.8, 4) is 11.3 Å². The molecule has 4 rings (SSSR count). The van der Waals surface area contributed by atoms with Crippen LogP contribution in [0.3, 0.4) is 0 Å². The van der Waals surface area contributed by atoms with Crippen LogP contribution in [0, 0.1) is 6.92 Å². The van der Waals surface area contributed by atoms with Crippen molar-refractivity contribution in [2.24, 2.45) is 7.05 Å². The first-order chi connectivity index (χ1) is 13.0. The second kappa shape index (κ2) is 6.39. The zero-order valence-corrected chi connectivity index (χ0v) is 15.6. The molecule has 0 saturated heterocycles. The summed E-state index contributed by atoms with van der Waals surface area (Å²) in [5.41, 5.74) is 4.43. The van der Waals surface area contributed by atoms with E-state index in [-0.39, 0.29) is 5.56 Å². The second-order valence-electron chi connectivity index (χ2n) is 6.54. The third kappa shape index (κ3) is 2.99. The minimum Gasteiger partial charge on any atom is -0.494 e. The number of nitrogens with zero attached hydrogens (tertiary/aromatic N) is 4. The molecule has 136 valence electrons. The average molecular weight is 360 g/mol. The number of hydrogen-bond donors (Lipinski definition) is 0. The normalized spacial score (nSPS) is 11.2. The quantitative estimate of drug-likeness (QED) is 0.522. The van der Waals surface area contributed by atoms with Crippen LogP contribution in [-0.2, 0) is 11.8 Å². The average Bonchev–Trinajstić information content (AvgIpc) is 3.01. The molecule has 4 aromatic rings. The van der Waals surface area contributed by atoms with Crippen molar-refractivity contribution in [2.45, 2.75) is 13.8 Å². The van der Waals surface area contributed by atoms with E-state index in [1.165, 1.54) is 0 Å². The van der Waals surface area contributed by atoms with E-state index >= 15 is 0 Å². The van der Waals surface area contributed by atoms with E-state index in [4.69, 9.17) is 9.72 Å². The van der Waals surface area contributed by atoms with Crippen molar-refractivity contribution in [2.75, 3.05) is 6.61 Å². The van der Waals surface area contributed by atoms with Crippen LogP contribution in [0.4, 0.5) is 0 Å². The van der Waals surface area contributed by atoms with E-state index in [0.717, 1.165) is 27.6 Å². The van der Waals surface area contributed by atoms with Gasteiger partial charge in [-0.1, -0.05) is 12.6 Å². The Morgan fingerprint density at radius 3 is 2.81 bits per heavy atom. The number of aromatic nitrogens is 4. The van der Waals surface area contributed by atoms with Crippen LogP contribution in [0.2, 0.25) is 0 Å². The SMILES string of the molecule is C=C(OCC)c1cc(C)cn2c(=O)cc(-c3ccc4nn(C)cc4c3)nc12. The fourth-order valence-corrected chi connectivity index (χ4v) is 3.25. The number of rotatable bonds is 4. The van der Waals surface area contributed by atoms with E-state index < -0.39 is 0 Å². The molecule has 0 aliphatic heterocycles. The highest BCUT2D eigenvalue weighted by Crippen LogP contribution is 2.25. The van der Waals surface area contributed by atoms with Gasteiger partial charge in [-0.05, 0) is 37.6 Å². The molecule has 6 heteroatoms. The van der Waals surface area contributed by atoms with Gasteiger partial charge in [-0.25, -0.2) is 4.98 Å². The first-order valence-electron chi connectivity index (χ1n) is 8.76. The zero-order valence-electron chi connectivity index (χ0n) is 15.6. The molecule has 3 aromatic heterocycles. The van der Waals surface area contributed by atoms with Crippen molar-refractivity contribution in [1.29, 1.82) is 0 Å². The molecule has 0 unspecified atom stereocenters. The molecular formula is C21H20N4O2. The van der Waals surface area contributed by atoms with E-state index in [2.05, 4.69) is 11.7 Å². The number of hydrogen-bond acceptors (Lipinski definition) is 4. The van der Waals surface area contributed by atoms with Crippen LogP contribution >= 0.6 is 0 Å². The second-order valence-corrected chi connectivity index (χ2v) is 6.54. The number of aryl methyl sites for hydroxylation is 2. The Labute approximate surface area is 156 Å². The molecule has 0 amide bonds. The van der Waals surface area contributed by atoms with Crippen LogP contribution in [0.5, 0.6) is 0 Å². The lowest BCUT2D eigenvalue weighted by molar-refractivity contribution is 0.299. The molecule has 6 nitrogen and oxygen atoms in total. The van der Waals surface area contributed by atoms with Gasteiger partial charge >= 0.3 is 0 Å². The third-order valence-electron chi connectivity index (χ3n) is 4.43. The smallest absolute Gasteiger partial charge is 0.258 e. The largest absolute Gasteiger partial charge is 0.494 e. The fraction of sp³-hybridized carbons (Fsp3) is 0.190. The Bertz CT molecular complexity index is 1250. The fourth-order valence-electron chi connectivity index (χ4n) is 3.25. The molecule has 0 aliphatic rings. The van der Waals surface area contributed by atoms with Crippen molar-refractivity contribution >= 4 is 22.3 Å². The minimum absolute atomic E-state index is 0.143. The van der Waals surface area contributed by atoms with Gasteiger partial charge in [-0.2, -0.15) is 5.10 Å². The number of ether oxygens (including phenoxy) is 1. The summed E-state index contributed by atoms with van der Waals surface area (Å²) in [6.45, 7) is 8.32. The molecule has 0 fully saturated rings. The molecule has 0 radical (unpaired) electrons. The highest BCUT2D eigenvalue weighted by Gasteiger charge is 2.13. The van der Waals surface area contributed by atoms with Crippen LogP contribution < -0.4 is 5.56 Å². The lowest BCUT2D eigenvalue weighted by Crippen LogP contribution is -2.16. The molecule has 0 bridgehead atoms. The van der Waals surface area contributed by atoms with Gasteiger partial charge in [-0.15, -0.1) is 0 Å². The molecule has 1 aromatic carbocycles. The van der Waals surface area contributed by atoms with Crippen LogP contribution in [0.15, 0.2) is 54.1 Å². The summed E-state index contributed by atoms with van der Waals surface area (Å²) in [5, 5.41) is 5.39. The topological polar surface area (TPSA) is 61.4 Å². The van der Waals surface area contributed by atoms with Crippen LogP contribution in [0.25, 0.3) is 33.6 Å². The summed E-state index contributed by atoms with van der Waals surface area (Å²) in [7, 11) is 1.88. The predicted octanol–water partition coefficient (Wildman–Crippen LogP) is 3.56. The lowest BCUT2D eigenvalue weighted by atomic mass is 10.1. The first kappa shape index (κ1) is 17.0. The highest BCUT2D eigenvalue weighted by atomic mass is 16.5. The van der Waals surface area contributed by atoms with Gasteiger partial charge in [0.05, 0.1) is 23.4 Å². The summed E-state index contributed by atoms with van der Waals surface area (Å²) in [6.07, 6.45) is 3.72. The molecule has 0 spiro atoms. The minimum atomic E-state index is -0.143. The van der Waals surface area contributed by atoms with Crippen LogP contribution in [0.1, 0.15) is 18.1 Å². The van der Waals surface area contributed by atoms with Crippen molar-refractivity contribution < 1.29 is 4.74 Å². The van der Waals surface area contributed by atoms with E-state index in [9.17, 15) is 4.79 Å². The zero-order chi connectivity index (χ0) is 19.1. The Hall–Kier alpha value is -3.41. The maximum Gasteiger partial charge on any atom is 0.258 e. The predicted molar refractivity (Wildman–Crippen MR) is 107 cm³/mol. The Balaban J connectivity index is 1.96. The van der Waals surface area contributed by atoms with Gasteiger partial charge in [-0.3, -0.25) is 13.9 Å². The van der Waals surface area contributed by atoms with Gasteiger partial charge < -0.3 is 4.74 Å². The van der Waals surface area contributed by atoms with E-state index in [1.807, 2.05) is 51.4 Å². The third-order valence-corrected chi connectivity index (χ3v) is 4.43. The molecular weight excluding hydrogens is 340 g/mol. The molecule has 0 saturated carbocycles. The maximum absolute atomic E-state index is 12.8. The summed E-state index contributed by atoms with van der Waals surface area (Å²) >= 11 is 0. The molecule has 27 heavy (non-hydrogen) atoms. The molecule has 3 heterocycles. The lowest BCUT2D eigenvalue weighted by Gasteiger charge is -2.13. The monoisotopic (exact) mass is 360 g/mol. The summed E-state index contributed by atoms with van der Waals surface area (Å²) < 4.78 is 8.89. The Morgan fingerprint density at radius 2 is 2.04 bits per heavy atom. The van der Waals surface area contributed by atoms with Gasteiger partial charge in [0.2, 0.25) is 0 Å².